The van der Waals surface area contributed by atoms with Crippen molar-refractivity contribution in [2.24, 2.45) is 4.99 Å². The molecule has 2 aromatic carbocycles. The maximum atomic E-state index is 5.51. The summed E-state index contributed by atoms with van der Waals surface area (Å²) in [6.07, 6.45) is 0. The summed E-state index contributed by atoms with van der Waals surface area (Å²) in [5, 5.41) is 4.73. The van der Waals surface area contributed by atoms with Gasteiger partial charge in [-0.25, -0.2) is 0 Å². The summed E-state index contributed by atoms with van der Waals surface area (Å²) >= 11 is 0. The highest BCUT2D eigenvalue weighted by molar-refractivity contribution is 5.82. The molecule has 0 unspecified atom stereocenters. The first kappa shape index (κ1) is 18.2. The van der Waals surface area contributed by atoms with E-state index in [4.69, 9.17) is 4.74 Å². The lowest BCUT2D eigenvalue weighted by molar-refractivity contribution is 0.367. The maximum absolute atomic E-state index is 5.51. The van der Waals surface area contributed by atoms with Crippen LogP contribution in [0.3, 0.4) is 0 Å². The number of H-pyrrole nitrogens is 1. The molecule has 0 atom stereocenters. The number of methoxy groups -OCH3 is 1. The third kappa shape index (κ3) is 3.76. The third-order valence-electron chi connectivity index (χ3n) is 5.24. The standard InChI is InChI=1S/C22H27N5O/c1-23-22(24-16-18-15-17-7-3-4-8-19(17)25-18)27-13-11-26(12-14-27)20-9-5-6-10-21(20)28-2/h3-10,15,25H,11-14,16H2,1-2H3,(H,23,24). The molecule has 1 saturated heterocycles. The summed E-state index contributed by atoms with van der Waals surface area (Å²) in [5.74, 6) is 1.87. The fraction of sp³-hybridized carbons (Fsp3) is 0.318. The van der Waals surface area contributed by atoms with E-state index in [0.29, 0.717) is 0 Å². The number of nitrogens with zero attached hydrogens (tertiary/aromatic N) is 3. The molecule has 6 heteroatoms. The van der Waals surface area contributed by atoms with Crippen LogP contribution >= 0.6 is 0 Å². The minimum Gasteiger partial charge on any atom is -0.495 e. The number of hydrogen-bond acceptors (Lipinski definition) is 3. The lowest BCUT2D eigenvalue weighted by Crippen LogP contribution is -2.52. The number of para-hydroxylation sites is 3. The minimum absolute atomic E-state index is 0.730. The van der Waals surface area contributed by atoms with Gasteiger partial charge in [-0.3, -0.25) is 4.99 Å². The Labute approximate surface area is 165 Å². The first-order valence-electron chi connectivity index (χ1n) is 9.68. The fourth-order valence-electron chi connectivity index (χ4n) is 3.79. The second-order valence-electron chi connectivity index (χ2n) is 6.93. The molecule has 0 saturated carbocycles. The van der Waals surface area contributed by atoms with Crippen molar-refractivity contribution >= 4 is 22.5 Å². The molecule has 0 bridgehead atoms. The molecule has 2 N–H and O–H groups in total. The average molecular weight is 377 g/mol. The SMILES string of the molecule is CN=C(NCc1cc2ccccc2[nH]1)N1CCN(c2ccccc2OC)CC1. The topological polar surface area (TPSA) is 55.9 Å². The monoisotopic (exact) mass is 377 g/mol. The Morgan fingerprint density at radius 3 is 2.57 bits per heavy atom. The quantitative estimate of drug-likeness (QED) is 0.542. The van der Waals surface area contributed by atoms with Gasteiger partial charge in [0.15, 0.2) is 5.96 Å². The van der Waals surface area contributed by atoms with Crippen LogP contribution in [0, 0.1) is 0 Å². The Kier molecular flexibility index (Phi) is 5.37. The normalized spacial score (nSPS) is 15.1. The van der Waals surface area contributed by atoms with E-state index in [2.05, 4.69) is 67.6 Å². The molecule has 3 aromatic rings. The van der Waals surface area contributed by atoms with Crippen molar-refractivity contribution in [3.63, 3.8) is 0 Å². The molecule has 1 aliphatic heterocycles. The van der Waals surface area contributed by atoms with Crippen LogP contribution in [-0.4, -0.2) is 56.2 Å². The molecule has 0 aliphatic carbocycles. The van der Waals surface area contributed by atoms with Gasteiger partial charge in [0.1, 0.15) is 5.75 Å². The Bertz CT molecular complexity index is 923. The number of rotatable bonds is 4. The second-order valence-corrected chi connectivity index (χ2v) is 6.93. The van der Waals surface area contributed by atoms with Crippen molar-refractivity contribution in [1.29, 1.82) is 0 Å². The molecule has 1 aliphatic rings. The van der Waals surface area contributed by atoms with Crippen LogP contribution in [0.15, 0.2) is 59.6 Å². The van der Waals surface area contributed by atoms with Gasteiger partial charge in [0.25, 0.3) is 0 Å². The van der Waals surface area contributed by atoms with Crippen molar-refractivity contribution in [3.05, 3.63) is 60.3 Å². The molecule has 28 heavy (non-hydrogen) atoms. The van der Waals surface area contributed by atoms with Crippen LogP contribution in [0.25, 0.3) is 10.9 Å². The highest BCUT2D eigenvalue weighted by Gasteiger charge is 2.21. The van der Waals surface area contributed by atoms with E-state index in [9.17, 15) is 0 Å². The average Bonchev–Trinajstić information content (AvgIpc) is 3.17. The summed E-state index contributed by atoms with van der Waals surface area (Å²) in [4.78, 5) is 12.6. The summed E-state index contributed by atoms with van der Waals surface area (Å²) in [7, 11) is 3.57. The molecule has 0 spiro atoms. The second kappa shape index (κ2) is 8.25. The number of fused-ring (bicyclic) bond motifs is 1. The molecule has 0 amide bonds. The summed E-state index contributed by atoms with van der Waals surface area (Å²) < 4.78 is 5.51. The van der Waals surface area contributed by atoms with E-state index in [1.54, 1.807) is 7.11 Å². The molecular weight excluding hydrogens is 350 g/mol. The van der Waals surface area contributed by atoms with Gasteiger partial charge in [0, 0.05) is 44.4 Å². The number of aromatic nitrogens is 1. The zero-order valence-electron chi connectivity index (χ0n) is 16.5. The summed E-state index contributed by atoms with van der Waals surface area (Å²) in [5.41, 5.74) is 3.49. The summed E-state index contributed by atoms with van der Waals surface area (Å²) in [6.45, 7) is 4.45. The fourth-order valence-corrected chi connectivity index (χ4v) is 3.79. The molecule has 1 aromatic heterocycles. The van der Waals surface area contributed by atoms with Crippen LogP contribution in [0.5, 0.6) is 5.75 Å². The Morgan fingerprint density at radius 1 is 1.07 bits per heavy atom. The number of nitrogens with one attached hydrogen (secondary N) is 2. The number of hydrogen-bond donors (Lipinski definition) is 2. The lowest BCUT2D eigenvalue weighted by atomic mass is 10.2. The predicted molar refractivity (Wildman–Crippen MR) is 115 cm³/mol. The van der Waals surface area contributed by atoms with E-state index in [0.717, 1.165) is 55.8 Å². The van der Waals surface area contributed by atoms with E-state index in [1.165, 1.54) is 10.9 Å². The van der Waals surface area contributed by atoms with E-state index in [-0.39, 0.29) is 0 Å². The van der Waals surface area contributed by atoms with Crippen molar-refractivity contribution in [2.75, 3.05) is 45.2 Å². The Morgan fingerprint density at radius 2 is 1.82 bits per heavy atom. The molecule has 2 heterocycles. The Hall–Kier alpha value is -3.15. The number of piperazine rings is 1. The van der Waals surface area contributed by atoms with Gasteiger partial charge in [-0.1, -0.05) is 30.3 Å². The van der Waals surface area contributed by atoms with Gasteiger partial charge in [0.05, 0.1) is 19.3 Å². The van der Waals surface area contributed by atoms with Gasteiger partial charge in [0.2, 0.25) is 0 Å². The van der Waals surface area contributed by atoms with Gasteiger partial charge >= 0.3 is 0 Å². The zero-order valence-corrected chi connectivity index (χ0v) is 16.5. The first-order chi connectivity index (χ1) is 13.8. The number of guanidine groups is 1. The number of ether oxygens (including phenoxy) is 1. The molecule has 4 rings (SSSR count). The maximum Gasteiger partial charge on any atom is 0.194 e. The van der Waals surface area contributed by atoms with E-state index in [1.807, 2.05) is 19.2 Å². The zero-order chi connectivity index (χ0) is 19.3. The van der Waals surface area contributed by atoms with Crippen molar-refractivity contribution in [1.82, 2.24) is 15.2 Å². The molecular formula is C22H27N5O. The van der Waals surface area contributed by atoms with E-state index >= 15 is 0 Å². The summed E-state index contributed by atoms with van der Waals surface area (Å²) in [6, 6.07) is 18.7. The number of aromatic amines is 1. The number of anilines is 1. The van der Waals surface area contributed by atoms with Gasteiger partial charge < -0.3 is 24.8 Å². The van der Waals surface area contributed by atoms with Crippen LogP contribution < -0.4 is 15.0 Å². The Balaban J connectivity index is 1.36. The van der Waals surface area contributed by atoms with Crippen molar-refractivity contribution < 1.29 is 4.74 Å². The number of aliphatic imine (C=N–C) groups is 1. The van der Waals surface area contributed by atoms with Crippen LogP contribution in [0.1, 0.15) is 5.69 Å². The molecule has 6 nitrogen and oxygen atoms in total. The van der Waals surface area contributed by atoms with Gasteiger partial charge in [-0.2, -0.15) is 0 Å². The smallest absolute Gasteiger partial charge is 0.194 e. The van der Waals surface area contributed by atoms with Crippen LogP contribution in [-0.2, 0) is 6.54 Å². The first-order valence-corrected chi connectivity index (χ1v) is 9.68. The van der Waals surface area contributed by atoms with Crippen LogP contribution in [0.4, 0.5) is 5.69 Å². The van der Waals surface area contributed by atoms with Crippen LogP contribution in [0.2, 0.25) is 0 Å². The largest absolute Gasteiger partial charge is 0.495 e. The van der Waals surface area contributed by atoms with E-state index < -0.39 is 0 Å². The number of benzene rings is 2. The highest BCUT2D eigenvalue weighted by Crippen LogP contribution is 2.28. The predicted octanol–water partition coefficient (Wildman–Crippen LogP) is 3.07. The third-order valence-corrected chi connectivity index (χ3v) is 5.24. The van der Waals surface area contributed by atoms with Gasteiger partial charge in [-0.15, -0.1) is 0 Å². The molecule has 0 radical (unpaired) electrons. The van der Waals surface area contributed by atoms with Gasteiger partial charge in [-0.05, 0) is 29.7 Å². The molecule has 146 valence electrons. The minimum atomic E-state index is 0.730. The molecule has 1 fully saturated rings. The highest BCUT2D eigenvalue weighted by atomic mass is 16.5. The van der Waals surface area contributed by atoms with Crippen molar-refractivity contribution in [2.45, 2.75) is 6.54 Å². The van der Waals surface area contributed by atoms with Crippen molar-refractivity contribution in [3.8, 4) is 5.75 Å². The lowest BCUT2D eigenvalue weighted by Gasteiger charge is -2.38.